The number of benzene rings is 1. The molecule has 0 aliphatic carbocycles. The number of rotatable bonds is 7. The van der Waals surface area contributed by atoms with Gasteiger partial charge in [-0.05, 0) is 12.3 Å². The Morgan fingerprint density at radius 3 is 2.70 bits per heavy atom. The molecular weight excluding hydrogens is 312 g/mol. The lowest BCUT2D eigenvalue weighted by Gasteiger charge is -2.07. The predicted molar refractivity (Wildman–Crippen MR) is 90.3 cm³/mol. The molecule has 5 nitrogen and oxygen atoms in total. The van der Waals surface area contributed by atoms with E-state index in [9.17, 15) is 9.59 Å². The van der Waals surface area contributed by atoms with Crippen molar-refractivity contribution in [1.29, 1.82) is 0 Å². The Morgan fingerprint density at radius 1 is 1.26 bits per heavy atom. The zero-order valence-electron chi connectivity index (χ0n) is 13.2. The third-order valence-corrected chi connectivity index (χ3v) is 4.00. The maximum atomic E-state index is 11.9. The number of aromatic nitrogens is 1. The van der Waals surface area contributed by atoms with E-state index < -0.39 is 5.97 Å². The van der Waals surface area contributed by atoms with Crippen LogP contribution in [0.1, 0.15) is 30.8 Å². The summed E-state index contributed by atoms with van der Waals surface area (Å²) in [6.45, 7) is 4.47. The molecule has 0 unspecified atom stereocenters. The molecule has 2 rings (SSSR count). The van der Waals surface area contributed by atoms with Crippen LogP contribution in [0.15, 0.2) is 35.7 Å². The van der Waals surface area contributed by atoms with Crippen molar-refractivity contribution in [2.45, 2.75) is 20.3 Å². The smallest absolute Gasteiger partial charge is 0.358 e. The van der Waals surface area contributed by atoms with Gasteiger partial charge in [0.2, 0.25) is 0 Å². The lowest BCUT2D eigenvalue weighted by molar-refractivity contribution is -0.124. The lowest BCUT2D eigenvalue weighted by atomic mass is 10.1. The van der Waals surface area contributed by atoms with E-state index in [1.807, 2.05) is 30.3 Å². The van der Waals surface area contributed by atoms with Crippen LogP contribution in [-0.4, -0.2) is 30.0 Å². The second-order valence-electron chi connectivity index (χ2n) is 5.51. The van der Waals surface area contributed by atoms with Crippen molar-refractivity contribution < 1.29 is 14.3 Å². The summed E-state index contributed by atoms with van der Waals surface area (Å²) in [7, 11) is 0. The summed E-state index contributed by atoms with van der Waals surface area (Å²) in [5, 5.41) is 5.11. The fourth-order valence-corrected chi connectivity index (χ4v) is 2.63. The van der Waals surface area contributed by atoms with Crippen LogP contribution in [-0.2, 0) is 9.53 Å². The van der Waals surface area contributed by atoms with Crippen molar-refractivity contribution in [3.8, 4) is 10.6 Å². The van der Waals surface area contributed by atoms with Crippen LogP contribution >= 0.6 is 11.3 Å². The Labute approximate surface area is 139 Å². The minimum atomic E-state index is -0.581. The quantitative estimate of drug-likeness (QED) is 0.791. The van der Waals surface area contributed by atoms with Crippen molar-refractivity contribution in [3.05, 3.63) is 41.4 Å². The third-order valence-electron chi connectivity index (χ3n) is 3.11. The highest BCUT2D eigenvalue weighted by molar-refractivity contribution is 7.13. The topological polar surface area (TPSA) is 68.3 Å². The SMILES string of the molecule is CC(C)CCNC(=O)COC(=O)c1csc(-c2ccccc2)n1. The molecule has 0 saturated carbocycles. The second kappa shape index (κ2) is 8.43. The first kappa shape index (κ1) is 17.1. The van der Waals surface area contributed by atoms with Gasteiger partial charge in [0.05, 0.1) is 0 Å². The van der Waals surface area contributed by atoms with E-state index in [2.05, 4.69) is 24.1 Å². The summed E-state index contributed by atoms with van der Waals surface area (Å²) in [6, 6.07) is 9.60. The summed E-state index contributed by atoms with van der Waals surface area (Å²) in [6.07, 6.45) is 0.895. The van der Waals surface area contributed by atoms with Gasteiger partial charge in [-0.2, -0.15) is 0 Å². The first-order chi connectivity index (χ1) is 11.1. The Hall–Kier alpha value is -2.21. The van der Waals surface area contributed by atoms with E-state index in [-0.39, 0.29) is 18.2 Å². The molecule has 23 heavy (non-hydrogen) atoms. The number of amides is 1. The molecule has 1 amide bonds. The number of ether oxygens (including phenoxy) is 1. The van der Waals surface area contributed by atoms with Gasteiger partial charge in [0.15, 0.2) is 12.3 Å². The lowest BCUT2D eigenvalue weighted by Crippen LogP contribution is -2.30. The number of carbonyl (C=O) groups is 2. The van der Waals surface area contributed by atoms with Crippen molar-refractivity contribution in [2.24, 2.45) is 5.92 Å². The van der Waals surface area contributed by atoms with Gasteiger partial charge < -0.3 is 10.1 Å². The monoisotopic (exact) mass is 332 g/mol. The van der Waals surface area contributed by atoms with Crippen LogP contribution in [0.5, 0.6) is 0 Å². The highest BCUT2D eigenvalue weighted by Gasteiger charge is 2.14. The number of nitrogens with one attached hydrogen (secondary N) is 1. The summed E-state index contributed by atoms with van der Waals surface area (Å²) in [5.41, 5.74) is 1.17. The van der Waals surface area contributed by atoms with Crippen LogP contribution in [0, 0.1) is 5.92 Å². The minimum Gasteiger partial charge on any atom is -0.451 e. The molecule has 122 valence electrons. The highest BCUT2D eigenvalue weighted by Crippen LogP contribution is 2.23. The van der Waals surface area contributed by atoms with Crippen molar-refractivity contribution >= 4 is 23.2 Å². The van der Waals surface area contributed by atoms with Crippen molar-refractivity contribution in [1.82, 2.24) is 10.3 Å². The minimum absolute atomic E-state index is 0.226. The maximum Gasteiger partial charge on any atom is 0.358 e. The van der Waals surface area contributed by atoms with Gasteiger partial charge in [-0.3, -0.25) is 4.79 Å². The number of hydrogen-bond donors (Lipinski definition) is 1. The summed E-state index contributed by atoms with van der Waals surface area (Å²) < 4.78 is 4.99. The Balaban J connectivity index is 1.82. The van der Waals surface area contributed by atoms with Gasteiger partial charge in [-0.1, -0.05) is 44.2 Å². The molecule has 6 heteroatoms. The maximum absolute atomic E-state index is 11.9. The number of nitrogens with zero attached hydrogens (tertiary/aromatic N) is 1. The highest BCUT2D eigenvalue weighted by atomic mass is 32.1. The summed E-state index contributed by atoms with van der Waals surface area (Å²) in [5.74, 6) is -0.357. The molecule has 0 aliphatic heterocycles. The van der Waals surface area contributed by atoms with E-state index in [1.54, 1.807) is 5.38 Å². The molecule has 0 fully saturated rings. The molecule has 0 spiro atoms. The van der Waals surface area contributed by atoms with Gasteiger partial charge in [0.25, 0.3) is 5.91 Å². The number of esters is 1. The van der Waals surface area contributed by atoms with Crippen molar-refractivity contribution in [3.63, 3.8) is 0 Å². The van der Waals surface area contributed by atoms with E-state index >= 15 is 0 Å². The molecule has 0 bridgehead atoms. The second-order valence-corrected chi connectivity index (χ2v) is 6.37. The van der Waals surface area contributed by atoms with Crippen molar-refractivity contribution in [2.75, 3.05) is 13.2 Å². The van der Waals surface area contributed by atoms with Gasteiger partial charge in [0.1, 0.15) is 5.01 Å². The zero-order valence-corrected chi connectivity index (χ0v) is 14.1. The number of carbonyl (C=O) groups excluding carboxylic acids is 2. The van der Waals surface area contributed by atoms with Gasteiger partial charge in [-0.15, -0.1) is 11.3 Å². The summed E-state index contributed by atoms with van der Waals surface area (Å²) >= 11 is 1.37. The van der Waals surface area contributed by atoms with Gasteiger partial charge in [-0.25, -0.2) is 9.78 Å². The average molecular weight is 332 g/mol. The van der Waals surface area contributed by atoms with E-state index in [0.717, 1.165) is 17.0 Å². The van der Waals surface area contributed by atoms with Gasteiger partial charge in [0, 0.05) is 17.5 Å². The molecule has 0 saturated heterocycles. The predicted octanol–water partition coefficient (Wildman–Crippen LogP) is 3.13. The fraction of sp³-hybridized carbons (Fsp3) is 0.353. The molecule has 2 aromatic rings. The standard InChI is InChI=1S/C17H20N2O3S/c1-12(2)8-9-18-15(20)10-22-17(21)14-11-23-16(19-14)13-6-4-3-5-7-13/h3-7,11-12H,8-10H2,1-2H3,(H,18,20). The molecular formula is C17H20N2O3S. The van der Waals surface area contributed by atoms with E-state index in [4.69, 9.17) is 4.74 Å². The zero-order chi connectivity index (χ0) is 16.7. The van der Waals surface area contributed by atoms with E-state index in [0.29, 0.717) is 12.5 Å². The Morgan fingerprint density at radius 2 is 2.00 bits per heavy atom. The molecule has 1 N–H and O–H groups in total. The first-order valence-electron chi connectivity index (χ1n) is 7.51. The first-order valence-corrected chi connectivity index (χ1v) is 8.39. The van der Waals surface area contributed by atoms with Gasteiger partial charge >= 0.3 is 5.97 Å². The van der Waals surface area contributed by atoms with E-state index in [1.165, 1.54) is 11.3 Å². The van der Waals surface area contributed by atoms with Crippen LogP contribution in [0.25, 0.3) is 10.6 Å². The number of thiazole rings is 1. The Bertz CT molecular complexity index is 653. The van der Waals surface area contributed by atoms with Crippen LogP contribution < -0.4 is 5.32 Å². The molecule has 0 atom stereocenters. The average Bonchev–Trinajstić information content (AvgIpc) is 3.03. The largest absolute Gasteiger partial charge is 0.451 e. The molecule has 1 heterocycles. The van der Waals surface area contributed by atoms with Crippen LogP contribution in [0.2, 0.25) is 0 Å². The van der Waals surface area contributed by atoms with Crippen LogP contribution in [0.4, 0.5) is 0 Å². The van der Waals surface area contributed by atoms with Crippen LogP contribution in [0.3, 0.4) is 0 Å². The Kier molecular flexibility index (Phi) is 6.29. The number of hydrogen-bond acceptors (Lipinski definition) is 5. The summed E-state index contributed by atoms with van der Waals surface area (Å²) in [4.78, 5) is 27.8. The fourth-order valence-electron chi connectivity index (χ4n) is 1.84. The molecule has 0 aliphatic rings. The normalized spacial score (nSPS) is 10.6. The molecule has 1 aromatic carbocycles. The molecule has 0 radical (unpaired) electrons. The molecule has 1 aromatic heterocycles. The third kappa shape index (κ3) is 5.49.